The first kappa shape index (κ1) is 24.7. The smallest absolute Gasteiger partial charge is 0.417 e. The zero-order valence-corrected chi connectivity index (χ0v) is 18.3. The van der Waals surface area contributed by atoms with Crippen LogP contribution in [0, 0.1) is 0 Å². The lowest BCUT2D eigenvalue weighted by molar-refractivity contribution is -0.137. The fraction of sp³-hybridized carbons (Fsp3) is 0.182. The molecule has 33 heavy (non-hydrogen) atoms. The third-order valence-corrected chi connectivity index (χ3v) is 5.20. The summed E-state index contributed by atoms with van der Waals surface area (Å²) in [6.45, 7) is -1.31. The molecular formula is C22H15Cl2F5N2O2. The summed E-state index contributed by atoms with van der Waals surface area (Å²) in [7, 11) is 1.44. The first-order valence-electron chi connectivity index (χ1n) is 9.26. The van der Waals surface area contributed by atoms with E-state index in [9.17, 15) is 26.7 Å². The van der Waals surface area contributed by atoms with Crippen molar-refractivity contribution in [2.45, 2.75) is 12.1 Å². The van der Waals surface area contributed by atoms with Gasteiger partial charge >= 0.3 is 12.1 Å². The van der Waals surface area contributed by atoms with Crippen LogP contribution in [0.4, 0.5) is 22.0 Å². The van der Waals surface area contributed by atoms with E-state index in [-0.39, 0.29) is 0 Å². The van der Waals surface area contributed by atoms with E-state index >= 15 is 0 Å². The fourth-order valence-electron chi connectivity index (χ4n) is 3.01. The number of nitrogens with one attached hydrogen (secondary N) is 1. The molecule has 11 heteroatoms. The molecule has 0 fully saturated rings. The highest BCUT2D eigenvalue weighted by molar-refractivity contribution is 6.32. The Balaban J connectivity index is 1.80. The molecule has 3 rings (SSSR count). The molecule has 0 atom stereocenters. The largest absolute Gasteiger partial charge is 0.495 e. The summed E-state index contributed by atoms with van der Waals surface area (Å²) in [5.41, 5.74) is -1.90. The van der Waals surface area contributed by atoms with Gasteiger partial charge < -0.3 is 10.1 Å². The van der Waals surface area contributed by atoms with Crippen molar-refractivity contribution in [3.63, 3.8) is 0 Å². The van der Waals surface area contributed by atoms with E-state index in [1.165, 1.54) is 19.2 Å². The number of aromatic nitrogens is 1. The van der Waals surface area contributed by atoms with Gasteiger partial charge in [0, 0.05) is 11.8 Å². The number of hydrogen-bond donors (Lipinski definition) is 1. The molecule has 0 aliphatic rings. The average molecular weight is 505 g/mol. The number of ether oxygens (including phenoxy) is 1. The van der Waals surface area contributed by atoms with Crippen molar-refractivity contribution >= 4 is 29.1 Å². The van der Waals surface area contributed by atoms with Crippen LogP contribution in [0.3, 0.4) is 0 Å². The van der Waals surface area contributed by atoms with Crippen LogP contribution < -0.4 is 10.1 Å². The molecule has 1 N–H and O–H groups in total. The van der Waals surface area contributed by atoms with Gasteiger partial charge in [-0.15, -0.1) is 0 Å². The summed E-state index contributed by atoms with van der Waals surface area (Å²) in [6.07, 6.45) is -3.67. The number of carbonyl (C=O) groups excluding carboxylic acids is 1. The number of pyridine rings is 1. The third-order valence-electron chi connectivity index (χ3n) is 4.62. The van der Waals surface area contributed by atoms with Gasteiger partial charge in [0.1, 0.15) is 11.4 Å². The molecule has 0 saturated carbocycles. The molecule has 1 aromatic heterocycles. The van der Waals surface area contributed by atoms with Crippen molar-refractivity contribution in [1.82, 2.24) is 10.3 Å². The molecule has 0 radical (unpaired) electrons. The number of carbonyl (C=O) groups is 1. The minimum absolute atomic E-state index is 0.294. The Morgan fingerprint density at radius 3 is 2.27 bits per heavy atom. The Labute approximate surface area is 195 Å². The number of benzene rings is 2. The van der Waals surface area contributed by atoms with Crippen LogP contribution in [0.5, 0.6) is 5.75 Å². The Bertz CT molecular complexity index is 1190. The van der Waals surface area contributed by atoms with Crippen molar-refractivity contribution in [3.8, 4) is 16.9 Å². The van der Waals surface area contributed by atoms with Gasteiger partial charge in [0.25, 0.3) is 5.91 Å². The van der Waals surface area contributed by atoms with Crippen LogP contribution in [0.25, 0.3) is 11.1 Å². The molecule has 174 valence electrons. The molecular weight excluding hydrogens is 490 g/mol. The lowest BCUT2D eigenvalue weighted by Crippen LogP contribution is -2.36. The van der Waals surface area contributed by atoms with E-state index in [2.05, 4.69) is 4.98 Å². The monoisotopic (exact) mass is 504 g/mol. The average Bonchev–Trinajstić information content (AvgIpc) is 2.76. The molecule has 0 spiro atoms. The molecule has 0 unspecified atom stereocenters. The lowest BCUT2D eigenvalue weighted by Gasteiger charge is -2.19. The zero-order valence-electron chi connectivity index (χ0n) is 16.8. The Morgan fingerprint density at radius 2 is 1.67 bits per heavy atom. The second-order valence-corrected chi connectivity index (χ2v) is 7.65. The summed E-state index contributed by atoms with van der Waals surface area (Å²) in [4.78, 5) is 15.9. The van der Waals surface area contributed by atoms with Crippen molar-refractivity contribution < 1.29 is 31.5 Å². The van der Waals surface area contributed by atoms with E-state index in [1.54, 1.807) is 18.2 Å². The third kappa shape index (κ3) is 5.54. The predicted molar refractivity (Wildman–Crippen MR) is 114 cm³/mol. The van der Waals surface area contributed by atoms with Gasteiger partial charge in [-0.1, -0.05) is 41.4 Å². The van der Waals surface area contributed by atoms with Gasteiger partial charge in [-0.2, -0.15) is 22.0 Å². The first-order chi connectivity index (χ1) is 15.4. The van der Waals surface area contributed by atoms with Crippen LogP contribution in [-0.2, 0) is 12.1 Å². The van der Waals surface area contributed by atoms with E-state index < -0.39 is 46.4 Å². The topological polar surface area (TPSA) is 51.2 Å². The maximum absolute atomic E-state index is 14.7. The van der Waals surface area contributed by atoms with Gasteiger partial charge in [0.2, 0.25) is 0 Å². The molecule has 1 heterocycles. The number of methoxy groups -OCH3 is 1. The second-order valence-electron chi connectivity index (χ2n) is 6.83. The molecule has 0 bridgehead atoms. The highest BCUT2D eigenvalue weighted by atomic mass is 35.5. The van der Waals surface area contributed by atoms with Gasteiger partial charge in [-0.3, -0.25) is 9.78 Å². The number of alkyl halides is 5. The van der Waals surface area contributed by atoms with Crippen molar-refractivity contribution in [1.29, 1.82) is 0 Å². The van der Waals surface area contributed by atoms with Gasteiger partial charge in [-0.25, -0.2) is 0 Å². The summed E-state index contributed by atoms with van der Waals surface area (Å²) in [5.74, 6) is -4.63. The zero-order chi connectivity index (χ0) is 24.4. The molecule has 0 aliphatic heterocycles. The van der Waals surface area contributed by atoms with Gasteiger partial charge in [-0.05, 0) is 35.9 Å². The number of amides is 1. The van der Waals surface area contributed by atoms with E-state index in [4.69, 9.17) is 27.9 Å². The summed E-state index contributed by atoms with van der Waals surface area (Å²) in [5, 5.41) is 1.72. The Kier molecular flexibility index (Phi) is 7.14. The second kappa shape index (κ2) is 9.52. The van der Waals surface area contributed by atoms with E-state index in [0.29, 0.717) is 28.0 Å². The van der Waals surface area contributed by atoms with E-state index in [1.807, 2.05) is 5.32 Å². The SMILES string of the molecule is COc1ccc(-c2cnc(C(F)(F)CNC(=O)c3ccccc3C(F)(F)F)c(Cl)c2)cc1Cl. The van der Waals surface area contributed by atoms with Crippen molar-refractivity contribution in [2.24, 2.45) is 0 Å². The summed E-state index contributed by atoms with van der Waals surface area (Å²) >= 11 is 12.1. The van der Waals surface area contributed by atoms with Crippen molar-refractivity contribution in [2.75, 3.05) is 13.7 Å². The van der Waals surface area contributed by atoms with Crippen LogP contribution in [0.1, 0.15) is 21.6 Å². The van der Waals surface area contributed by atoms with Crippen LogP contribution in [0.15, 0.2) is 54.7 Å². The maximum Gasteiger partial charge on any atom is 0.417 e. The molecule has 0 aliphatic carbocycles. The highest BCUT2D eigenvalue weighted by Gasteiger charge is 2.38. The first-order valence-corrected chi connectivity index (χ1v) is 10.0. The van der Waals surface area contributed by atoms with Gasteiger partial charge in [0.15, 0.2) is 0 Å². The summed E-state index contributed by atoms with van der Waals surface area (Å²) in [6, 6.07) is 9.89. The molecule has 1 amide bonds. The number of rotatable bonds is 6. The Morgan fingerprint density at radius 1 is 1.00 bits per heavy atom. The van der Waals surface area contributed by atoms with Crippen molar-refractivity contribution in [3.05, 3.63) is 81.6 Å². The number of nitrogens with zero attached hydrogens (tertiary/aromatic N) is 1. The van der Waals surface area contributed by atoms with E-state index in [0.717, 1.165) is 18.3 Å². The Hall–Kier alpha value is -2.91. The van der Waals surface area contributed by atoms with Gasteiger partial charge in [0.05, 0.1) is 34.8 Å². The fourth-order valence-corrected chi connectivity index (χ4v) is 3.57. The molecule has 0 saturated heterocycles. The van der Waals surface area contributed by atoms with Crippen LogP contribution in [-0.4, -0.2) is 24.5 Å². The number of hydrogen-bond acceptors (Lipinski definition) is 3. The molecule has 3 aromatic rings. The quantitative estimate of drug-likeness (QED) is 0.384. The van der Waals surface area contributed by atoms with Crippen LogP contribution >= 0.6 is 23.2 Å². The highest BCUT2D eigenvalue weighted by Crippen LogP contribution is 2.36. The van der Waals surface area contributed by atoms with Crippen LogP contribution in [0.2, 0.25) is 10.0 Å². The number of halogens is 7. The lowest BCUT2D eigenvalue weighted by atomic mass is 10.1. The standard InChI is InChI=1S/C22H15Cl2F5N2O2/c1-33-18-7-6-12(8-16(18)23)13-9-17(24)19(30-10-13)21(25,26)11-31-20(32)14-4-2-3-5-15(14)22(27,28)29/h2-10H,11H2,1H3,(H,31,32). The summed E-state index contributed by atoms with van der Waals surface area (Å²) < 4.78 is 73.7. The molecule has 2 aromatic carbocycles. The minimum atomic E-state index is -4.82. The molecule has 4 nitrogen and oxygen atoms in total. The predicted octanol–water partition coefficient (Wildman–Crippen LogP) is 6.60. The minimum Gasteiger partial charge on any atom is -0.495 e. The maximum atomic E-state index is 14.7. The normalized spacial score (nSPS) is 11.9.